The molecule has 6 nitrogen and oxygen atoms in total. The van der Waals surface area contributed by atoms with E-state index in [1.165, 1.54) is 11.1 Å². The number of rotatable bonds is 9. The topological polar surface area (TPSA) is 95.9 Å². The first-order valence-electron chi connectivity index (χ1n) is 9.95. The lowest BCUT2D eigenvalue weighted by Gasteiger charge is -2.26. The Morgan fingerprint density at radius 3 is 2.03 bits per heavy atom. The number of carboxylic acid groups (broad SMARTS) is 2. The third kappa shape index (κ3) is 9.68. The Bertz CT molecular complexity index is 852. The van der Waals surface area contributed by atoms with Crippen LogP contribution in [0.15, 0.2) is 60.7 Å². The van der Waals surface area contributed by atoms with Crippen LogP contribution in [0.2, 0.25) is 5.02 Å². The first-order valence-corrected chi connectivity index (χ1v) is 10.3. The molecule has 0 radical (unpaired) electrons. The third-order valence-corrected chi connectivity index (χ3v) is 4.71. The van der Waals surface area contributed by atoms with Crippen molar-refractivity contribution in [1.82, 2.24) is 5.32 Å². The Labute approximate surface area is 188 Å². The van der Waals surface area contributed by atoms with Crippen molar-refractivity contribution in [3.05, 3.63) is 76.8 Å². The fourth-order valence-electron chi connectivity index (χ4n) is 2.84. The van der Waals surface area contributed by atoms with Gasteiger partial charge in [-0.25, -0.2) is 9.59 Å². The average Bonchev–Trinajstić information content (AvgIpc) is 2.72. The second-order valence-corrected chi connectivity index (χ2v) is 7.75. The van der Waals surface area contributed by atoms with Crippen molar-refractivity contribution in [2.24, 2.45) is 5.92 Å². The van der Waals surface area contributed by atoms with E-state index in [-0.39, 0.29) is 6.10 Å². The van der Waals surface area contributed by atoms with Gasteiger partial charge in [0.2, 0.25) is 0 Å². The van der Waals surface area contributed by atoms with Crippen LogP contribution in [0.5, 0.6) is 5.75 Å². The molecule has 3 N–H and O–H groups in total. The number of hydrogen-bond donors (Lipinski definition) is 3. The molecule has 168 valence electrons. The number of carboxylic acids is 2. The van der Waals surface area contributed by atoms with E-state index < -0.39 is 11.9 Å². The van der Waals surface area contributed by atoms with Crippen molar-refractivity contribution < 1.29 is 24.5 Å². The lowest BCUT2D eigenvalue weighted by molar-refractivity contribution is -0.134. The Morgan fingerprint density at radius 2 is 1.58 bits per heavy atom. The number of halogens is 1. The molecule has 0 amide bonds. The highest BCUT2D eigenvalue weighted by Gasteiger charge is 2.22. The Balaban J connectivity index is 0.000000512. The molecule has 2 aromatic rings. The van der Waals surface area contributed by atoms with Gasteiger partial charge < -0.3 is 20.3 Å². The Hall–Kier alpha value is -2.83. The molecule has 7 heteroatoms. The van der Waals surface area contributed by atoms with E-state index in [2.05, 4.69) is 44.3 Å². The van der Waals surface area contributed by atoms with Gasteiger partial charge in [-0.2, -0.15) is 0 Å². The molecule has 2 atom stereocenters. The maximum atomic E-state index is 9.55. The molecular weight excluding hydrogens is 418 g/mol. The molecule has 31 heavy (non-hydrogen) atoms. The number of benzene rings is 2. The fraction of sp³-hybridized carbons (Fsp3) is 0.333. The van der Waals surface area contributed by atoms with Crippen LogP contribution in [0, 0.1) is 5.92 Å². The summed E-state index contributed by atoms with van der Waals surface area (Å²) >= 11 is 6.45. The number of carbonyl (C=O) groups is 2. The molecular formula is C24H30ClNO5. The summed E-state index contributed by atoms with van der Waals surface area (Å²) in [4.78, 5) is 19.1. The molecule has 2 rings (SSSR count). The van der Waals surface area contributed by atoms with Gasteiger partial charge in [0.05, 0.1) is 5.02 Å². The molecule has 0 aliphatic heterocycles. The van der Waals surface area contributed by atoms with Crippen LogP contribution in [-0.2, 0) is 9.59 Å². The van der Waals surface area contributed by atoms with Crippen LogP contribution in [0.3, 0.4) is 0 Å². The summed E-state index contributed by atoms with van der Waals surface area (Å²) in [5.41, 5.74) is 2.39. The normalized spacial score (nSPS) is 12.7. The number of hydrogen-bond acceptors (Lipinski definition) is 4. The van der Waals surface area contributed by atoms with Gasteiger partial charge in [-0.15, -0.1) is 0 Å². The van der Waals surface area contributed by atoms with Crippen molar-refractivity contribution in [2.45, 2.75) is 32.8 Å². The van der Waals surface area contributed by atoms with Crippen LogP contribution < -0.4 is 10.1 Å². The quantitative estimate of drug-likeness (QED) is 0.460. The number of aliphatic carboxylic acids is 2. The maximum absolute atomic E-state index is 9.55. The first-order chi connectivity index (χ1) is 14.6. The lowest BCUT2D eigenvalue weighted by atomic mass is 9.97. The van der Waals surface area contributed by atoms with Crippen LogP contribution in [-0.4, -0.2) is 35.7 Å². The van der Waals surface area contributed by atoms with Gasteiger partial charge >= 0.3 is 11.9 Å². The Morgan fingerprint density at radius 1 is 1.00 bits per heavy atom. The smallest absolute Gasteiger partial charge is 0.328 e. The predicted molar refractivity (Wildman–Crippen MR) is 123 cm³/mol. The molecule has 0 aromatic heterocycles. The summed E-state index contributed by atoms with van der Waals surface area (Å²) in [6, 6.07) is 16.4. The van der Waals surface area contributed by atoms with E-state index in [4.69, 9.17) is 26.6 Å². The molecule has 2 unspecified atom stereocenters. The molecule has 0 spiro atoms. The lowest BCUT2D eigenvalue weighted by Crippen LogP contribution is -2.26. The highest BCUT2D eigenvalue weighted by atomic mass is 35.5. The molecule has 0 heterocycles. The molecule has 0 saturated carbocycles. The molecule has 2 aromatic carbocycles. The minimum Gasteiger partial charge on any atom is -0.484 e. The molecule has 0 fully saturated rings. The summed E-state index contributed by atoms with van der Waals surface area (Å²) in [5.74, 6) is -0.995. The largest absolute Gasteiger partial charge is 0.484 e. The van der Waals surface area contributed by atoms with Crippen LogP contribution in [0.25, 0.3) is 0 Å². The summed E-state index contributed by atoms with van der Waals surface area (Å²) in [5, 5.41) is 19.5. The standard InChI is InChI=1S/C20H26ClNO.C4H4O4/c1-14(2)17-10-11-19(18(21)12-17)23-20(15(3)13-22-4)16-8-6-5-7-9-16;5-3(6)1-2-4(7)8/h5-12,14-15,20,22H,13H2,1-4H3;1-2H,(H,5,6)(H,7,8)/b;2-1-. The van der Waals surface area contributed by atoms with Gasteiger partial charge in [-0.05, 0) is 36.2 Å². The molecule has 0 bridgehead atoms. The van der Waals surface area contributed by atoms with Gasteiger partial charge in [-0.1, -0.05) is 68.8 Å². The average molecular weight is 448 g/mol. The zero-order valence-corrected chi connectivity index (χ0v) is 19.0. The van der Waals surface area contributed by atoms with E-state index in [1.54, 1.807) is 0 Å². The second kappa shape index (κ2) is 13.5. The third-order valence-electron chi connectivity index (χ3n) is 4.42. The van der Waals surface area contributed by atoms with E-state index >= 15 is 0 Å². The van der Waals surface area contributed by atoms with Crippen molar-refractivity contribution in [3.8, 4) is 5.75 Å². The van der Waals surface area contributed by atoms with E-state index in [9.17, 15) is 9.59 Å². The van der Waals surface area contributed by atoms with Crippen molar-refractivity contribution in [2.75, 3.05) is 13.6 Å². The van der Waals surface area contributed by atoms with Gasteiger partial charge in [0.1, 0.15) is 11.9 Å². The van der Waals surface area contributed by atoms with Crippen LogP contribution in [0.4, 0.5) is 0 Å². The first kappa shape index (κ1) is 26.2. The van der Waals surface area contributed by atoms with Crippen LogP contribution >= 0.6 is 11.6 Å². The SMILES string of the molecule is CNCC(C)C(Oc1ccc(C(C)C)cc1Cl)c1ccccc1.O=C(O)/C=C\C(=O)O. The minimum absolute atomic E-state index is 0.0361. The molecule has 0 aliphatic rings. The predicted octanol–water partition coefficient (Wildman–Crippen LogP) is 5.15. The second-order valence-electron chi connectivity index (χ2n) is 7.34. The van der Waals surface area contributed by atoms with Gasteiger partial charge in [0.25, 0.3) is 0 Å². The summed E-state index contributed by atoms with van der Waals surface area (Å²) in [6.45, 7) is 7.38. The number of nitrogens with one attached hydrogen (secondary N) is 1. The highest BCUT2D eigenvalue weighted by Crippen LogP contribution is 2.34. The monoisotopic (exact) mass is 447 g/mol. The fourth-order valence-corrected chi connectivity index (χ4v) is 3.07. The van der Waals surface area contributed by atoms with E-state index in [1.807, 2.05) is 37.4 Å². The summed E-state index contributed by atoms with van der Waals surface area (Å²) < 4.78 is 6.31. The maximum Gasteiger partial charge on any atom is 0.328 e. The van der Waals surface area contributed by atoms with Crippen molar-refractivity contribution in [1.29, 1.82) is 0 Å². The van der Waals surface area contributed by atoms with Crippen LogP contribution in [0.1, 0.15) is 43.9 Å². The van der Waals surface area contributed by atoms with E-state index in [0.29, 0.717) is 29.0 Å². The minimum atomic E-state index is -1.26. The van der Waals surface area contributed by atoms with Gasteiger partial charge in [0.15, 0.2) is 0 Å². The summed E-state index contributed by atoms with van der Waals surface area (Å²) in [7, 11) is 1.96. The highest BCUT2D eigenvalue weighted by molar-refractivity contribution is 6.32. The zero-order valence-electron chi connectivity index (χ0n) is 18.2. The van der Waals surface area contributed by atoms with Crippen molar-refractivity contribution in [3.63, 3.8) is 0 Å². The zero-order chi connectivity index (χ0) is 23.4. The van der Waals surface area contributed by atoms with E-state index in [0.717, 1.165) is 12.3 Å². The van der Waals surface area contributed by atoms with Gasteiger partial charge in [-0.3, -0.25) is 0 Å². The Kier molecular flexibility index (Phi) is 11.4. The molecule has 0 aliphatic carbocycles. The number of ether oxygens (including phenoxy) is 1. The van der Waals surface area contributed by atoms with Gasteiger partial charge in [0, 0.05) is 24.6 Å². The van der Waals surface area contributed by atoms with Crippen molar-refractivity contribution >= 4 is 23.5 Å². The molecule has 0 saturated heterocycles. The summed E-state index contributed by atoms with van der Waals surface area (Å²) in [6.07, 6.45) is 1.08.